The van der Waals surface area contributed by atoms with Crippen LogP contribution in [-0.2, 0) is 0 Å². The molecule has 0 aliphatic rings. The molecule has 0 bridgehead atoms. The number of rotatable bonds is 3. The van der Waals surface area contributed by atoms with Crippen LogP contribution < -0.4 is 11.1 Å². The molecule has 0 unspecified atom stereocenters. The number of aryl methyl sites for hydroxylation is 2. The molecule has 0 aromatic heterocycles. The number of nitrogens with one attached hydrogen (secondary N) is 1. The molecular formula is C15H14F2N2S. The van der Waals surface area contributed by atoms with Crippen molar-refractivity contribution in [3.8, 4) is 0 Å². The van der Waals surface area contributed by atoms with E-state index < -0.39 is 11.6 Å². The second-order valence-corrected chi connectivity index (χ2v) is 5.06. The molecule has 20 heavy (non-hydrogen) atoms. The van der Waals surface area contributed by atoms with Crippen molar-refractivity contribution in [2.45, 2.75) is 13.8 Å². The fraction of sp³-hybridized carbons (Fsp3) is 0.133. The van der Waals surface area contributed by atoms with E-state index >= 15 is 0 Å². The molecule has 2 nitrogen and oxygen atoms in total. The first-order chi connectivity index (χ1) is 9.38. The minimum absolute atomic E-state index is 0.0409. The van der Waals surface area contributed by atoms with Crippen molar-refractivity contribution in [2.75, 3.05) is 5.32 Å². The molecule has 0 radical (unpaired) electrons. The van der Waals surface area contributed by atoms with Crippen LogP contribution >= 0.6 is 12.2 Å². The summed E-state index contributed by atoms with van der Waals surface area (Å²) in [6.45, 7) is 3.82. The number of anilines is 2. The first kappa shape index (κ1) is 14.4. The number of hydrogen-bond donors (Lipinski definition) is 2. The highest BCUT2D eigenvalue weighted by atomic mass is 32.1. The van der Waals surface area contributed by atoms with E-state index in [4.69, 9.17) is 18.0 Å². The summed E-state index contributed by atoms with van der Waals surface area (Å²) in [7, 11) is 0. The fourth-order valence-electron chi connectivity index (χ4n) is 1.92. The van der Waals surface area contributed by atoms with Crippen molar-refractivity contribution in [3.63, 3.8) is 0 Å². The smallest absolute Gasteiger partial charge is 0.150 e. The second kappa shape index (κ2) is 5.54. The van der Waals surface area contributed by atoms with E-state index in [0.29, 0.717) is 5.69 Å². The molecule has 104 valence electrons. The lowest BCUT2D eigenvalue weighted by molar-refractivity contribution is 0.590. The van der Waals surface area contributed by atoms with Gasteiger partial charge in [0.05, 0.1) is 0 Å². The molecule has 0 aliphatic heterocycles. The maximum Gasteiger partial charge on any atom is 0.150 e. The molecule has 5 heteroatoms. The summed E-state index contributed by atoms with van der Waals surface area (Å²) >= 11 is 4.71. The van der Waals surface area contributed by atoms with Crippen LogP contribution in [0.4, 0.5) is 20.2 Å². The van der Waals surface area contributed by atoms with Gasteiger partial charge in [-0.05, 0) is 37.6 Å². The second-order valence-electron chi connectivity index (χ2n) is 4.62. The fourth-order valence-corrected chi connectivity index (χ4v) is 2.04. The van der Waals surface area contributed by atoms with Crippen LogP contribution in [0.5, 0.6) is 0 Å². The zero-order valence-corrected chi connectivity index (χ0v) is 11.9. The lowest BCUT2D eigenvalue weighted by atomic mass is 10.1. The van der Waals surface area contributed by atoms with Crippen molar-refractivity contribution < 1.29 is 8.78 Å². The topological polar surface area (TPSA) is 38.0 Å². The SMILES string of the molecule is Cc1ccc(Nc2c(F)cc(C(N)=S)cc2F)c(C)c1. The third-order valence-corrected chi connectivity index (χ3v) is 3.20. The first-order valence-corrected chi connectivity index (χ1v) is 6.42. The van der Waals surface area contributed by atoms with Crippen molar-refractivity contribution >= 4 is 28.6 Å². The van der Waals surface area contributed by atoms with Gasteiger partial charge in [0.2, 0.25) is 0 Å². The van der Waals surface area contributed by atoms with E-state index in [2.05, 4.69) is 5.32 Å². The first-order valence-electron chi connectivity index (χ1n) is 6.01. The molecule has 2 aromatic rings. The minimum Gasteiger partial charge on any atom is -0.389 e. The van der Waals surface area contributed by atoms with Gasteiger partial charge >= 0.3 is 0 Å². The summed E-state index contributed by atoms with van der Waals surface area (Å²) in [5, 5.41) is 2.77. The summed E-state index contributed by atoms with van der Waals surface area (Å²) in [6.07, 6.45) is 0. The van der Waals surface area contributed by atoms with Crippen LogP contribution in [0.1, 0.15) is 16.7 Å². The van der Waals surface area contributed by atoms with Crippen molar-refractivity contribution in [2.24, 2.45) is 5.73 Å². The summed E-state index contributed by atoms with van der Waals surface area (Å²) in [6, 6.07) is 7.83. The Morgan fingerprint density at radius 1 is 1.10 bits per heavy atom. The van der Waals surface area contributed by atoms with Crippen LogP contribution in [0.15, 0.2) is 30.3 Å². The highest BCUT2D eigenvalue weighted by molar-refractivity contribution is 7.80. The zero-order valence-electron chi connectivity index (χ0n) is 11.1. The molecule has 2 rings (SSSR count). The summed E-state index contributed by atoms with van der Waals surface area (Å²) in [5.41, 5.74) is 7.96. The molecule has 0 fully saturated rings. The Kier molecular flexibility index (Phi) is 3.99. The van der Waals surface area contributed by atoms with Gasteiger partial charge in [0.15, 0.2) is 0 Å². The largest absolute Gasteiger partial charge is 0.389 e. The van der Waals surface area contributed by atoms with E-state index in [-0.39, 0.29) is 16.2 Å². The molecule has 0 saturated carbocycles. The molecule has 0 saturated heterocycles. The van der Waals surface area contributed by atoms with Crippen LogP contribution in [0, 0.1) is 25.5 Å². The summed E-state index contributed by atoms with van der Waals surface area (Å²) < 4.78 is 27.9. The van der Waals surface area contributed by atoms with Gasteiger partial charge in [0.1, 0.15) is 22.3 Å². The van der Waals surface area contributed by atoms with Crippen LogP contribution in [0.2, 0.25) is 0 Å². The van der Waals surface area contributed by atoms with Crippen LogP contribution in [-0.4, -0.2) is 4.99 Å². The Labute approximate surface area is 121 Å². The average Bonchev–Trinajstić information content (AvgIpc) is 2.35. The van der Waals surface area contributed by atoms with Gasteiger partial charge in [-0.25, -0.2) is 8.78 Å². The number of benzene rings is 2. The minimum atomic E-state index is -0.729. The van der Waals surface area contributed by atoms with Crippen molar-refractivity contribution in [1.82, 2.24) is 0 Å². The van der Waals surface area contributed by atoms with E-state index in [9.17, 15) is 8.78 Å². The Morgan fingerprint density at radius 3 is 2.20 bits per heavy atom. The Hall–Kier alpha value is -2.01. The van der Waals surface area contributed by atoms with E-state index in [1.54, 1.807) is 6.07 Å². The van der Waals surface area contributed by atoms with E-state index in [1.165, 1.54) is 0 Å². The average molecular weight is 292 g/mol. The molecular weight excluding hydrogens is 278 g/mol. The van der Waals surface area contributed by atoms with Crippen molar-refractivity contribution in [1.29, 1.82) is 0 Å². The predicted octanol–water partition coefficient (Wildman–Crippen LogP) is 3.96. The standard InChI is InChI=1S/C15H14F2N2S/c1-8-3-4-13(9(2)5-8)19-14-11(16)6-10(15(18)20)7-12(14)17/h3-7,19H,1-2H3,(H2,18,20). The molecule has 0 aliphatic carbocycles. The Balaban J connectivity index is 2.41. The Bertz CT molecular complexity index is 661. The highest BCUT2D eigenvalue weighted by Gasteiger charge is 2.13. The van der Waals surface area contributed by atoms with Crippen LogP contribution in [0.3, 0.4) is 0 Å². The third-order valence-electron chi connectivity index (χ3n) is 2.97. The third kappa shape index (κ3) is 2.93. The molecule has 0 heterocycles. The van der Waals surface area contributed by atoms with Gasteiger partial charge < -0.3 is 11.1 Å². The number of hydrogen-bond acceptors (Lipinski definition) is 2. The molecule has 0 amide bonds. The maximum atomic E-state index is 14.0. The zero-order chi connectivity index (χ0) is 14.9. The Morgan fingerprint density at radius 2 is 1.70 bits per heavy atom. The van der Waals surface area contributed by atoms with Gasteiger partial charge in [-0.2, -0.15) is 0 Å². The highest BCUT2D eigenvalue weighted by Crippen LogP contribution is 2.27. The van der Waals surface area contributed by atoms with E-state index in [1.807, 2.05) is 26.0 Å². The predicted molar refractivity (Wildman–Crippen MR) is 81.4 cm³/mol. The van der Waals surface area contributed by atoms with Crippen molar-refractivity contribution in [3.05, 3.63) is 58.7 Å². The monoisotopic (exact) mass is 292 g/mol. The lowest BCUT2D eigenvalue weighted by Gasteiger charge is -2.13. The number of thiocarbonyl (C=S) groups is 1. The van der Waals surface area contributed by atoms with Gasteiger partial charge in [-0.15, -0.1) is 0 Å². The quantitative estimate of drug-likeness (QED) is 0.841. The molecule has 2 aromatic carbocycles. The van der Waals surface area contributed by atoms with Gasteiger partial charge in [0, 0.05) is 11.3 Å². The normalized spacial score (nSPS) is 10.4. The molecule has 3 N–H and O–H groups in total. The van der Waals surface area contributed by atoms with E-state index in [0.717, 1.165) is 23.3 Å². The summed E-state index contributed by atoms with van der Waals surface area (Å²) in [5.74, 6) is -1.46. The lowest BCUT2D eigenvalue weighted by Crippen LogP contribution is -2.11. The molecule has 0 atom stereocenters. The van der Waals surface area contributed by atoms with Gasteiger partial charge in [-0.1, -0.05) is 29.9 Å². The van der Waals surface area contributed by atoms with Crippen LogP contribution in [0.25, 0.3) is 0 Å². The number of nitrogens with two attached hydrogens (primary N) is 1. The maximum absolute atomic E-state index is 14.0. The van der Waals surface area contributed by atoms with Gasteiger partial charge in [0.25, 0.3) is 0 Å². The summed E-state index contributed by atoms with van der Waals surface area (Å²) in [4.78, 5) is -0.0409. The molecule has 0 spiro atoms. The van der Waals surface area contributed by atoms with Gasteiger partial charge in [-0.3, -0.25) is 0 Å². The number of halogens is 2.